The molecular weight excluding hydrogens is 407 g/mol. The summed E-state index contributed by atoms with van der Waals surface area (Å²) in [6, 6.07) is 14.5. The van der Waals surface area contributed by atoms with Gasteiger partial charge in [-0.1, -0.05) is 6.07 Å². The Morgan fingerprint density at radius 1 is 1.16 bits per heavy atom. The molecule has 1 aliphatic heterocycles. The maximum Gasteiger partial charge on any atom is 0.417 e. The van der Waals surface area contributed by atoms with Gasteiger partial charge in [-0.3, -0.25) is 9.78 Å². The van der Waals surface area contributed by atoms with E-state index in [9.17, 15) is 18.0 Å². The Morgan fingerprint density at radius 2 is 1.94 bits per heavy atom. The van der Waals surface area contributed by atoms with Crippen LogP contribution < -0.4 is 15.0 Å². The van der Waals surface area contributed by atoms with E-state index >= 15 is 0 Å². The van der Waals surface area contributed by atoms with Crippen LogP contribution in [-0.4, -0.2) is 24.5 Å². The van der Waals surface area contributed by atoms with Crippen molar-refractivity contribution in [1.82, 2.24) is 4.98 Å². The highest BCUT2D eigenvalue weighted by molar-refractivity contribution is 6.07. The van der Waals surface area contributed by atoms with Crippen LogP contribution in [0.4, 0.5) is 24.5 Å². The summed E-state index contributed by atoms with van der Waals surface area (Å²) < 4.78 is 46.5. The van der Waals surface area contributed by atoms with E-state index in [1.807, 2.05) is 18.2 Å². The number of nitrogens with zero attached hydrogens (tertiary/aromatic N) is 2. The Hall–Kier alpha value is -3.55. The van der Waals surface area contributed by atoms with Gasteiger partial charge in [0.25, 0.3) is 5.91 Å². The molecule has 2 aromatic carbocycles. The standard InChI is InChI=1S/C23H20F3N3O2/c1-29(17-5-7-18(8-6-17)31-14-16-4-2-3-10-27-16)22(30)19-12-15-9-11-28-21(15)13-20(19)23(24,25)26/h2-8,10,12-13,28H,9,11,14H2,1H3. The molecule has 5 nitrogen and oxygen atoms in total. The quantitative estimate of drug-likeness (QED) is 0.628. The van der Waals surface area contributed by atoms with Crippen LogP contribution in [0.5, 0.6) is 5.75 Å². The summed E-state index contributed by atoms with van der Waals surface area (Å²) in [5, 5.41) is 2.93. The van der Waals surface area contributed by atoms with Gasteiger partial charge >= 0.3 is 6.18 Å². The number of carbonyl (C=O) groups is 1. The SMILES string of the molecule is CN(C(=O)c1cc2c(cc1C(F)(F)F)NCC2)c1ccc(OCc2ccccn2)cc1. The normalized spacial score (nSPS) is 12.8. The molecule has 0 atom stereocenters. The Labute approximate surface area is 177 Å². The van der Waals surface area contributed by atoms with Crippen LogP contribution in [0.25, 0.3) is 0 Å². The molecule has 160 valence electrons. The maximum atomic E-state index is 13.6. The fraction of sp³-hybridized carbons (Fsp3) is 0.217. The highest BCUT2D eigenvalue weighted by atomic mass is 19.4. The van der Waals surface area contributed by atoms with Gasteiger partial charge < -0.3 is 15.0 Å². The van der Waals surface area contributed by atoms with Crippen molar-refractivity contribution in [2.75, 3.05) is 23.8 Å². The number of ether oxygens (including phenoxy) is 1. The van der Waals surface area contributed by atoms with E-state index in [2.05, 4.69) is 10.3 Å². The summed E-state index contributed by atoms with van der Waals surface area (Å²) in [6.07, 6.45) is -2.37. The number of hydrogen-bond donors (Lipinski definition) is 1. The second kappa shape index (κ2) is 8.29. The van der Waals surface area contributed by atoms with Crippen LogP contribution in [-0.2, 0) is 19.2 Å². The van der Waals surface area contributed by atoms with E-state index < -0.39 is 17.6 Å². The average Bonchev–Trinajstić information content (AvgIpc) is 3.24. The lowest BCUT2D eigenvalue weighted by atomic mass is 10.00. The first-order valence-electron chi connectivity index (χ1n) is 9.72. The average molecular weight is 427 g/mol. The van der Waals surface area contributed by atoms with E-state index in [4.69, 9.17) is 4.74 Å². The summed E-state index contributed by atoms with van der Waals surface area (Å²) in [5.74, 6) is -0.154. The largest absolute Gasteiger partial charge is 0.487 e. The van der Waals surface area contributed by atoms with Gasteiger partial charge in [0.1, 0.15) is 12.4 Å². The molecule has 8 heteroatoms. The predicted octanol–water partition coefficient (Wildman–Crippen LogP) is 4.92. The molecule has 0 saturated carbocycles. The summed E-state index contributed by atoms with van der Waals surface area (Å²) in [6.45, 7) is 0.840. The Kier molecular flexibility index (Phi) is 5.54. The second-order valence-electron chi connectivity index (χ2n) is 7.20. The van der Waals surface area contributed by atoms with Gasteiger partial charge in [-0.15, -0.1) is 0 Å². The molecule has 0 radical (unpaired) electrons. The summed E-state index contributed by atoms with van der Waals surface area (Å²) in [7, 11) is 1.46. The number of anilines is 2. The number of hydrogen-bond acceptors (Lipinski definition) is 4. The van der Waals surface area contributed by atoms with Crippen molar-refractivity contribution in [2.45, 2.75) is 19.2 Å². The molecule has 1 amide bonds. The van der Waals surface area contributed by atoms with Crippen LogP contribution in [0.1, 0.15) is 27.2 Å². The zero-order chi connectivity index (χ0) is 22.0. The molecule has 0 bridgehead atoms. The minimum atomic E-state index is -4.63. The topological polar surface area (TPSA) is 54.5 Å². The number of aromatic nitrogens is 1. The van der Waals surface area contributed by atoms with Gasteiger partial charge in [-0.2, -0.15) is 13.2 Å². The molecule has 0 aliphatic carbocycles. The summed E-state index contributed by atoms with van der Waals surface area (Å²) in [4.78, 5) is 18.4. The highest BCUT2D eigenvalue weighted by Gasteiger charge is 2.37. The number of benzene rings is 2. The zero-order valence-corrected chi connectivity index (χ0v) is 16.7. The van der Waals surface area contributed by atoms with E-state index in [0.717, 1.165) is 11.8 Å². The first kappa shape index (κ1) is 20.7. The van der Waals surface area contributed by atoms with Crippen molar-refractivity contribution < 1.29 is 22.7 Å². The smallest absolute Gasteiger partial charge is 0.417 e. The van der Waals surface area contributed by atoms with Crippen molar-refractivity contribution in [2.24, 2.45) is 0 Å². The minimum Gasteiger partial charge on any atom is -0.487 e. The predicted molar refractivity (Wildman–Crippen MR) is 111 cm³/mol. The molecule has 1 aliphatic rings. The van der Waals surface area contributed by atoms with Gasteiger partial charge in [0.2, 0.25) is 0 Å². The van der Waals surface area contributed by atoms with Gasteiger partial charge in [-0.05, 0) is 60.5 Å². The Bertz CT molecular complexity index is 1080. The fourth-order valence-electron chi connectivity index (χ4n) is 3.46. The molecular formula is C23H20F3N3O2. The van der Waals surface area contributed by atoms with Crippen molar-refractivity contribution in [3.63, 3.8) is 0 Å². The van der Waals surface area contributed by atoms with Gasteiger partial charge in [0, 0.05) is 31.2 Å². The van der Waals surface area contributed by atoms with E-state index in [-0.39, 0.29) is 12.2 Å². The Morgan fingerprint density at radius 3 is 2.61 bits per heavy atom. The summed E-state index contributed by atoms with van der Waals surface area (Å²) >= 11 is 0. The molecule has 0 unspecified atom stereocenters. The van der Waals surface area contributed by atoms with Crippen molar-refractivity contribution in [3.8, 4) is 5.75 Å². The summed E-state index contributed by atoms with van der Waals surface area (Å²) in [5.41, 5.74) is 1.08. The number of nitrogens with one attached hydrogen (secondary N) is 1. The molecule has 0 fully saturated rings. The molecule has 31 heavy (non-hydrogen) atoms. The monoisotopic (exact) mass is 427 g/mol. The van der Waals surface area contributed by atoms with E-state index in [1.165, 1.54) is 18.0 Å². The van der Waals surface area contributed by atoms with Crippen molar-refractivity contribution in [1.29, 1.82) is 0 Å². The van der Waals surface area contributed by atoms with Crippen LogP contribution in [0, 0.1) is 0 Å². The first-order chi connectivity index (χ1) is 14.8. The first-order valence-corrected chi connectivity index (χ1v) is 9.72. The van der Waals surface area contributed by atoms with Crippen molar-refractivity contribution in [3.05, 3.63) is 83.2 Å². The third-order valence-corrected chi connectivity index (χ3v) is 5.13. The molecule has 0 spiro atoms. The molecule has 3 aromatic rings. The van der Waals surface area contributed by atoms with Crippen LogP contribution in [0.2, 0.25) is 0 Å². The third kappa shape index (κ3) is 4.47. The number of rotatable bonds is 5. The Balaban J connectivity index is 1.53. The molecule has 0 saturated heterocycles. The number of carbonyl (C=O) groups excluding carboxylic acids is 1. The van der Waals surface area contributed by atoms with Crippen LogP contribution in [0.3, 0.4) is 0 Å². The van der Waals surface area contributed by atoms with Gasteiger partial charge in [0.15, 0.2) is 0 Å². The molecule has 4 rings (SSSR count). The van der Waals surface area contributed by atoms with Crippen molar-refractivity contribution >= 4 is 17.3 Å². The second-order valence-corrected chi connectivity index (χ2v) is 7.20. The fourth-order valence-corrected chi connectivity index (χ4v) is 3.46. The number of pyridine rings is 1. The number of fused-ring (bicyclic) bond motifs is 1. The lowest BCUT2D eigenvalue weighted by Gasteiger charge is -2.21. The lowest BCUT2D eigenvalue weighted by molar-refractivity contribution is -0.137. The number of halogens is 3. The van der Waals surface area contributed by atoms with Gasteiger partial charge in [0.05, 0.1) is 16.8 Å². The molecule has 1 aromatic heterocycles. The van der Waals surface area contributed by atoms with E-state index in [1.54, 1.807) is 30.5 Å². The third-order valence-electron chi connectivity index (χ3n) is 5.13. The van der Waals surface area contributed by atoms with Gasteiger partial charge in [-0.25, -0.2) is 0 Å². The van der Waals surface area contributed by atoms with Crippen LogP contribution in [0.15, 0.2) is 60.8 Å². The highest BCUT2D eigenvalue weighted by Crippen LogP contribution is 2.37. The minimum absolute atomic E-state index is 0.285. The van der Waals surface area contributed by atoms with Crippen LogP contribution >= 0.6 is 0 Å². The zero-order valence-electron chi connectivity index (χ0n) is 16.7. The molecule has 2 heterocycles. The molecule has 1 N–H and O–H groups in total. The number of alkyl halides is 3. The number of amides is 1. The van der Waals surface area contributed by atoms with E-state index in [0.29, 0.717) is 35.7 Å². The maximum absolute atomic E-state index is 13.6. The lowest BCUT2D eigenvalue weighted by Crippen LogP contribution is -2.28.